The van der Waals surface area contributed by atoms with E-state index in [0.29, 0.717) is 12.1 Å². The molecule has 2 rings (SSSR count). The second-order valence-electron chi connectivity index (χ2n) is 6.64. The van der Waals surface area contributed by atoms with E-state index in [1.165, 1.54) is 11.0 Å². The second kappa shape index (κ2) is 9.64. The van der Waals surface area contributed by atoms with E-state index in [-0.39, 0.29) is 30.5 Å². The molecule has 148 valence electrons. The number of nitro groups is 1. The first-order valence-corrected chi connectivity index (χ1v) is 9.18. The topological polar surface area (TPSA) is 92.6 Å². The van der Waals surface area contributed by atoms with Crippen LogP contribution in [0.1, 0.15) is 30.5 Å². The number of hydrogen-bond acceptors (Lipinski definition) is 4. The molecule has 1 atom stereocenters. The smallest absolute Gasteiger partial charge is 0.273 e. The van der Waals surface area contributed by atoms with E-state index in [9.17, 15) is 19.7 Å². The number of hydrogen-bond donors (Lipinski definition) is 1. The lowest BCUT2D eigenvalue weighted by Gasteiger charge is -2.29. The van der Waals surface area contributed by atoms with Gasteiger partial charge in [0.15, 0.2) is 0 Å². The number of aryl methyl sites for hydroxylation is 1. The number of nitrogens with zero attached hydrogens (tertiary/aromatic N) is 2. The average Bonchev–Trinajstić information content (AvgIpc) is 2.66. The van der Waals surface area contributed by atoms with Crippen LogP contribution < -0.4 is 5.32 Å². The molecule has 0 bridgehead atoms. The fourth-order valence-electron chi connectivity index (χ4n) is 3.01. The Morgan fingerprint density at radius 2 is 1.89 bits per heavy atom. The Balaban J connectivity index is 2.31. The Hall–Kier alpha value is -3.22. The summed E-state index contributed by atoms with van der Waals surface area (Å²) < 4.78 is 0. The molecule has 2 amide bonds. The summed E-state index contributed by atoms with van der Waals surface area (Å²) in [4.78, 5) is 37.6. The number of para-hydroxylation sites is 1. The zero-order valence-electron chi connectivity index (χ0n) is 16.3. The van der Waals surface area contributed by atoms with Crippen LogP contribution in [0.3, 0.4) is 0 Å². The third kappa shape index (κ3) is 5.39. The maximum absolute atomic E-state index is 13.1. The van der Waals surface area contributed by atoms with Gasteiger partial charge in [0.1, 0.15) is 6.04 Å². The normalized spacial score (nSPS) is 11.5. The third-order valence-electron chi connectivity index (χ3n) is 4.48. The Bertz CT molecular complexity index is 866. The van der Waals surface area contributed by atoms with E-state index in [4.69, 9.17) is 0 Å². The monoisotopic (exact) mass is 383 g/mol. The lowest BCUT2D eigenvalue weighted by atomic mass is 10.1. The number of carbonyl (C=O) groups excluding carboxylic acids is 2. The van der Waals surface area contributed by atoms with Gasteiger partial charge in [-0.3, -0.25) is 19.7 Å². The number of carbonyl (C=O) groups is 2. The number of likely N-dealkylation sites (N-methyl/N-ethyl adjacent to an activating group) is 1. The molecule has 0 aliphatic carbocycles. The number of nitro benzene ring substituents is 1. The molecule has 0 saturated heterocycles. The average molecular weight is 383 g/mol. The largest absolute Gasteiger partial charge is 0.355 e. The maximum Gasteiger partial charge on any atom is 0.273 e. The highest BCUT2D eigenvalue weighted by Crippen LogP contribution is 2.20. The van der Waals surface area contributed by atoms with Crippen molar-refractivity contribution in [3.8, 4) is 0 Å². The first-order valence-electron chi connectivity index (χ1n) is 9.18. The number of rotatable bonds is 8. The molecule has 0 heterocycles. The van der Waals surface area contributed by atoms with Gasteiger partial charge in [0.2, 0.25) is 11.8 Å². The molecule has 2 aromatic rings. The van der Waals surface area contributed by atoms with Crippen molar-refractivity contribution in [3.63, 3.8) is 0 Å². The maximum atomic E-state index is 13.1. The van der Waals surface area contributed by atoms with Gasteiger partial charge in [0.05, 0.1) is 11.3 Å². The van der Waals surface area contributed by atoms with Gasteiger partial charge in [-0.15, -0.1) is 0 Å². The van der Waals surface area contributed by atoms with E-state index in [1.54, 1.807) is 25.1 Å². The van der Waals surface area contributed by atoms with Crippen molar-refractivity contribution in [2.24, 2.45) is 0 Å². The lowest BCUT2D eigenvalue weighted by Crippen LogP contribution is -2.48. The lowest BCUT2D eigenvalue weighted by molar-refractivity contribution is -0.385. The summed E-state index contributed by atoms with van der Waals surface area (Å²) >= 11 is 0. The fourth-order valence-corrected chi connectivity index (χ4v) is 3.01. The number of nitrogens with one attached hydrogen (secondary N) is 1. The van der Waals surface area contributed by atoms with Gasteiger partial charge < -0.3 is 10.2 Å². The Morgan fingerprint density at radius 3 is 2.54 bits per heavy atom. The SMILES string of the molecule is CCNC(=O)[C@@H](C)N(Cc1cccc(C)c1)C(=O)Cc1ccccc1[N+](=O)[O-]. The zero-order chi connectivity index (χ0) is 20.7. The van der Waals surface area contributed by atoms with E-state index < -0.39 is 11.0 Å². The van der Waals surface area contributed by atoms with Crippen molar-refractivity contribution in [3.05, 3.63) is 75.3 Å². The van der Waals surface area contributed by atoms with Crippen LogP contribution in [0.25, 0.3) is 0 Å². The molecule has 0 aliphatic rings. The summed E-state index contributed by atoms with van der Waals surface area (Å²) in [6.07, 6.45) is -0.146. The van der Waals surface area contributed by atoms with Gasteiger partial charge >= 0.3 is 0 Å². The highest BCUT2D eigenvalue weighted by atomic mass is 16.6. The molecule has 7 nitrogen and oxygen atoms in total. The van der Waals surface area contributed by atoms with Gasteiger partial charge in [0.25, 0.3) is 5.69 Å². The van der Waals surface area contributed by atoms with E-state index >= 15 is 0 Å². The molecule has 28 heavy (non-hydrogen) atoms. The summed E-state index contributed by atoms with van der Waals surface area (Å²) in [6.45, 7) is 6.14. The molecule has 0 spiro atoms. The van der Waals surface area contributed by atoms with Crippen molar-refractivity contribution >= 4 is 17.5 Å². The molecule has 0 unspecified atom stereocenters. The van der Waals surface area contributed by atoms with E-state index in [2.05, 4.69) is 5.32 Å². The summed E-state index contributed by atoms with van der Waals surface area (Å²) in [5, 5.41) is 14.0. The molecule has 0 aromatic heterocycles. The summed E-state index contributed by atoms with van der Waals surface area (Å²) in [6, 6.07) is 13.2. The minimum Gasteiger partial charge on any atom is -0.355 e. The van der Waals surface area contributed by atoms with E-state index in [1.807, 2.05) is 38.1 Å². The standard InChI is InChI=1S/C21H25N3O4/c1-4-22-21(26)16(3)23(14-17-9-7-8-15(2)12-17)20(25)13-18-10-5-6-11-19(18)24(27)28/h5-12,16H,4,13-14H2,1-3H3,(H,22,26)/t16-/m1/s1. The first kappa shape index (κ1) is 21.1. The Labute approximate surface area is 164 Å². The summed E-state index contributed by atoms with van der Waals surface area (Å²) in [5.41, 5.74) is 2.17. The van der Waals surface area contributed by atoms with Crippen LogP contribution in [0.5, 0.6) is 0 Å². The second-order valence-corrected chi connectivity index (χ2v) is 6.64. The molecular formula is C21H25N3O4. The minimum absolute atomic E-state index is 0.1000. The van der Waals surface area contributed by atoms with Gasteiger partial charge in [-0.1, -0.05) is 48.0 Å². The van der Waals surface area contributed by atoms with Crippen molar-refractivity contribution in [2.75, 3.05) is 6.54 Å². The van der Waals surface area contributed by atoms with Gasteiger partial charge in [-0.05, 0) is 26.3 Å². The van der Waals surface area contributed by atoms with Crippen molar-refractivity contribution in [1.82, 2.24) is 10.2 Å². The Kier molecular flexibility index (Phi) is 7.26. The fraction of sp³-hybridized carbons (Fsp3) is 0.333. The van der Waals surface area contributed by atoms with Gasteiger partial charge in [-0.25, -0.2) is 0 Å². The third-order valence-corrected chi connectivity index (χ3v) is 4.48. The number of amides is 2. The first-order chi connectivity index (χ1) is 13.3. The van der Waals surface area contributed by atoms with Crippen LogP contribution in [0.2, 0.25) is 0 Å². The van der Waals surface area contributed by atoms with Crippen LogP contribution in [0.4, 0.5) is 5.69 Å². The van der Waals surface area contributed by atoms with E-state index in [0.717, 1.165) is 11.1 Å². The molecule has 0 fully saturated rings. The van der Waals surface area contributed by atoms with Crippen molar-refractivity contribution in [2.45, 2.75) is 39.8 Å². The molecular weight excluding hydrogens is 358 g/mol. The number of benzene rings is 2. The molecule has 7 heteroatoms. The predicted molar refractivity (Wildman–Crippen MR) is 107 cm³/mol. The van der Waals surface area contributed by atoms with Crippen LogP contribution in [-0.4, -0.2) is 34.2 Å². The quantitative estimate of drug-likeness (QED) is 0.560. The predicted octanol–water partition coefficient (Wildman–Crippen LogP) is 3.00. The minimum atomic E-state index is -0.698. The Morgan fingerprint density at radius 1 is 1.18 bits per heavy atom. The molecule has 0 radical (unpaired) electrons. The highest BCUT2D eigenvalue weighted by molar-refractivity contribution is 5.88. The molecule has 0 saturated carbocycles. The summed E-state index contributed by atoms with van der Waals surface area (Å²) in [5.74, 6) is -0.597. The highest BCUT2D eigenvalue weighted by Gasteiger charge is 2.27. The van der Waals surface area contributed by atoms with Crippen molar-refractivity contribution < 1.29 is 14.5 Å². The molecule has 1 N–H and O–H groups in total. The van der Waals surface area contributed by atoms with Crippen LogP contribution in [0.15, 0.2) is 48.5 Å². The summed E-state index contributed by atoms with van der Waals surface area (Å²) in [7, 11) is 0. The van der Waals surface area contributed by atoms with Gasteiger partial charge in [-0.2, -0.15) is 0 Å². The molecule has 0 aliphatic heterocycles. The van der Waals surface area contributed by atoms with Crippen LogP contribution in [0, 0.1) is 17.0 Å². The van der Waals surface area contributed by atoms with Crippen molar-refractivity contribution in [1.29, 1.82) is 0 Å². The molecule has 2 aromatic carbocycles. The van der Waals surface area contributed by atoms with Crippen LogP contribution >= 0.6 is 0 Å². The van der Waals surface area contributed by atoms with Gasteiger partial charge in [0, 0.05) is 24.7 Å². The zero-order valence-corrected chi connectivity index (χ0v) is 16.3. The van der Waals surface area contributed by atoms with Crippen LogP contribution in [-0.2, 0) is 22.6 Å².